The van der Waals surface area contributed by atoms with Gasteiger partial charge in [0.1, 0.15) is 0 Å². The van der Waals surface area contributed by atoms with Crippen molar-refractivity contribution >= 4 is 0 Å². The number of ether oxygens (including phenoxy) is 1. The first-order valence-electron chi connectivity index (χ1n) is 5.56. The lowest BCUT2D eigenvalue weighted by Gasteiger charge is -2.24. The minimum Gasteiger partial charge on any atom is -0.373 e. The van der Waals surface area contributed by atoms with E-state index >= 15 is 0 Å². The summed E-state index contributed by atoms with van der Waals surface area (Å²) in [4.78, 5) is 4.17. The van der Waals surface area contributed by atoms with Crippen molar-refractivity contribution in [3.63, 3.8) is 0 Å². The Bertz CT molecular complexity index is 315. The molecule has 0 amide bonds. The Morgan fingerprint density at radius 3 is 3.20 bits per heavy atom. The first-order chi connectivity index (χ1) is 7.23. The fraction of sp³-hybridized carbons (Fsp3) is 0.727. The van der Waals surface area contributed by atoms with Gasteiger partial charge in [-0.15, -0.1) is 0 Å². The number of aromatic nitrogens is 2. The highest BCUT2D eigenvalue weighted by molar-refractivity contribution is 5.00. The zero-order chi connectivity index (χ0) is 10.7. The van der Waals surface area contributed by atoms with Crippen molar-refractivity contribution in [3.05, 3.63) is 18.2 Å². The normalized spacial score (nSPS) is 26.0. The van der Waals surface area contributed by atoms with Crippen LogP contribution in [0.4, 0.5) is 0 Å². The van der Waals surface area contributed by atoms with Gasteiger partial charge in [0.2, 0.25) is 0 Å². The van der Waals surface area contributed by atoms with E-state index in [2.05, 4.69) is 16.5 Å². The molecule has 1 unspecified atom stereocenters. The van der Waals surface area contributed by atoms with Gasteiger partial charge in [-0.25, -0.2) is 4.98 Å². The largest absolute Gasteiger partial charge is 0.373 e. The van der Waals surface area contributed by atoms with E-state index < -0.39 is 0 Å². The molecular formula is C11H19N3O. The predicted octanol–water partition coefficient (Wildman–Crippen LogP) is 0.953. The number of nitrogens with zero attached hydrogens (tertiary/aromatic N) is 2. The Kier molecular flexibility index (Phi) is 3.07. The summed E-state index contributed by atoms with van der Waals surface area (Å²) in [5.41, 5.74) is 6.75. The van der Waals surface area contributed by atoms with E-state index in [9.17, 15) is 0 Å². The van der Waals surface area contributed by atoms with E-state index in [0.717, 1.165) is 32.4 Å². The Hall–Kier alpha value is -0.870. The standard InChI is InChI=1S/C11H19N3O/c1-11(4-2-6-15-11)8-14-9-13-7-10(14)3-5-12/h7,9H,2-6,8,12H2,1H3. The molecule has 2 N–H and O–H groups in total. The maximum atomic E-state index is 5.77. The van der Waals surface area contributed by atoms with Crippen LogP contribution in [0.1, 0.15) is 25.5 Å². The van der Waals surface area contributed by atoms with Crippen molar-refractivity contribution < 1.29 is 4.74 Å². The van der Waals surface area contributed by atoms with Crippen LogP contribution in [0.3, 0.4) is 0 Å². The van der Waals surface area contributed by atoms with Gasteiger partial charge in [-0.05, 0) is 26.3 Å². The van der Waals surface area contributed by atoms with Crippen molar-refractivity contribution in [2.75, 3.05) is 13.2 Å². The average Bonchev–Trinajstić information content (AvgIpc) is 2.78. The third kappa shape index (κ3) is 2.38. The van der Waals surface area contributed by atoms with Crippen LogP contribution in [0.5, 0.6) is 0 Å². The maximum Gasteiger partial charge on any atom is 0.0949 e. The minimum absolute atomic E-state index is 0.00987. The van der Waals surface area contributed by atoms with Crippen LogP contribution in [0, 0.1) is 0 Å². The van der Waals surface area contributed by atoms with Gasteiger partial charge in [-0.2, -0.15) is 0 Å². The summed E-state index contributed by atoms with van der Waals surface area (Å²) in [6.07, 6.45) is 6.95. The summed E-state index contributed by atoms with van der Waals surface area (Å²) in [6, 6.07) is 0. The summed E-state index contributed by atoms with van der Waals surface area (Å²) in [6.45, 7) is 4.62. The van der Waals surface area contributed by atoms with E-state index in [1.165, 1.54) is 5.69 Å². The maximum absolute atomic E-state index is 5.77. The van der Waals surface area contributed by atoms with Crippen LogP contribution in [0.2, 0.25) is 0 Å². The van der Waals surface area contributed by atoms with Crippen molar-refractivity contribution in [2.45, 2.75) is 38.3 Å². The highest BCUT2D eigenvalue weighted by atomic mass is 16.5. The second-order valence-electron chi connectivity index (χ2n) is 4.45. The first kappa shape index (κ1) is 10.6. The van der Waals surface area contributed by atoms with E-state index in [1.807, 2.05) is 12.5 Å². The van der Waals surface area contributed by atoms with Gasteiger partial charge in [0.25, 0.3) is 0 Å². The van der Waals surface area contributed by atoms with Crippen molar-refractivity contribution in [3.8, 4) is 0 Å². The highest BCUT2D eigenvalue weighted by Gasteiger charge is 2.30. The molecule has 0 aromatic carbocycles. The van der Waals surface area contributed by atoms with Crippen molar-refractivity contribution in [1.82, 2.24) is 9.55 Å². The molecule has 1 fully saturated rings. The van der Waals surface area contributed by atoms with Gasteiger partial charge in [0, 0.05) is 24.9 Å². The third-order valence-corrected chi connectivity index (χ3v) is 3.00. The highest BCUT2D eigenvalue weighted by Crippen LogP contribution is 2.27. The Balaban J connectivity index is 2.06. The van der Waals surface area contributed by atoms with Crippen LogP contribution < -0.4 is 5.73 Å². The zero-order valence-electron chi connectivity index (χ0n) is 9.28. The molecule has 1 aromatic rings. The van der Waals surface area contributed by atoms with E-state index in [-0.39, 0.29) is 5.60 Å². The summed E-state index contributed by atoms with van der Waals surface area (Å²) >= 11 is 0. The van der Waals surface area contributed by atoms with Crippen LogP contribution in [0.15, 0.2) is 12.5 Å². The number of nitrogens with two attached hydrogens (primary N) is 1. The molecular weight excluding hydrogens is 190 g/mol. The third-order valence-electron chi connectivity index (χ3n) is 3.00. The van der Waals surface area contributed by atoms with Gasteiger partial charge < -0.3 is 15.0 Å². The lowest BCUT2D eigenvalue weighted by Crippen LogP contribution is -2.30. The molecule has 4 heteroatoms. The molecule has 1 aliphatic heterocycles. The fourth-order valence-electron chi connectivity index (χ4n) is 2.17. The molecule has 15 heavy (non-hydrogen) atoms. The Labute approximate surface area is 90.4 Å². The molecule has 0 aliphatic carbocycles. The van der Waals surface area contributed by atoms with E-state index in [1.54, 1.807) is 0 Å². The number of hydrogen-bond acceptors (Lipinski definition) is 3. The first-order valence-corrected chi connectivity index (χ1v) is 5.56. The summed E-state index contributed by atoms with van der Waals surface area (Å²) in [7, 11) is 0. The lowest BCUT2D eigenvalue weighted by atomic mass is 10.0. The lowest BCUT2D eigenvalue weighted by molar-refractivity contribution is 0.00569. The number of imidazole rings is 1. The fourth-order valence-corrected chi connectivity index (χ4v) is 2.17. The van der Waals surface area contributed by atoms with Gasteiger partial charge in [-0.1, -0.05) is 0 Å². The van der Waals surface area contributed by atoms with Crippen molar-refractivity contribution in [1.29, 1.82) is 0 Å². The van der Waals surface area contributed by atoms with Gasteiger partial charge in [0.15, 0.2) is 0 Å². The quantitative estimate of drug-likeness (QED) is 0.803. The van der Waals surface area contributed by atoms with Gasteiger partial charge in [0.05, 0.1) is 18.5 Å². The SMILES string of the molecule is CC1(Cn2cncc2CCN)CCCO1. The van der Waals surface area contributed by atoms with Crippen molar-refractivity contribution in [2.24, 2.45) is 5.73 Å². The number of rotatable bonds is 4. The Morgan fingerprint density at radius 2 is 2.53 bits per heavy atom. The summed E-state index contributed by atoms with van der Waals surface area (Å²) < 4.78 is 7.93. The van der Waals surface area contributed by atoms with Crippen LogP contribution in [0.25, 0.3) is 0 Å². The molecule has 1 aromatic heterocycles. The van der Waals surface area contributed by atoms with E-state index in [0.29, 0.717) is 6.54 Å². The average molecular weight is 209 g/mol. The summed E-state index contributed by atoms with van der Waals surface area (Å²) in [5.74, 6) is 0. The molecule has 2 rings (SSSR count). The topological polar surface area (TPSA) is 53.1 Å². The van der Waals surface area contributed by atoms with Gasteiger partial charge >= 0.3 is 0 Å². The molecule has 0 radical (unpaired) electrons. The molecule has 84 valence electrons. The minimum atomic E-state index is -0.00987. The summed E-state index contributed by atoms with van der Waals surface area (Å²) in [5, 5.41) is 0. The van der Waals surface area contributed by atoms with E-state index in [4.69, 9.17) is 10.5 Å². The van der Waals surface area contributed by atoms with Crippen LogP contribution in [-0.4, -0.2) is 28.3 Å². The Morgan fingerprint density at radius 1 is 1.67 bits per heavy atom. The second kappa shape index (κ2) is 4.33. The van der Waals surface area contributed by atoms with Crippen LogP contribution >= 0.6 is 0 Å². The second-order valence-corrected chi connectivity index (χ2v) is 4.45. The van der Waals surface area contributed by atoms with Crippen LogP contribution in [-0.2, 0) is 17.7 Å². The smallest absolute Gasteiger partial charge is 0.0949 e. The zero-order valence-corrected chi connectivity index (χ0v) is 9.28. The molecule has 0 bridgehead atoms. The molecule has 4 nitrogen and oxygen atoms in total. The predicted molar refractivity (Wildman–Crippen MR) is 58.6 cm³/mol. The molecule has 1 atom stereocenters. The molecule has 1 saturated heterocycles. The van der Waals surface area contributed by atoms with Gasteiger partial charge in [-0.3, -0.25) is 0 Å². The molecule has 2 heterocycles. The number of hydrogen-bond donors (Lipinski definition) is 1. The molecule has 0 spiro atoms. The molecule has 0 saturated carbocycles. The monoisotopic (exact) mass is 209 g/mol. The molecule has 1 aliphatic rings.